The van der Waals surface area contributed by atoms with Crippen molar-refractivity contribution in [2.75, 3.05) is 4.90 Å². The van der Waals surface area contributed by atoms with Crippen molar-refractivity contribution in [2.45, 2.75) is 13.5 Å². The Hall–Kier alpha value is -2.54. The fraction of sp³-hybridized carbons (Fsp3) is 0.0952. The van der Waals surface area contributed by atoms with Crippen LogP contribution >= 0.6 is 34.5 Å². The third-order valence-corrected chi connectivity index (χ3v) is 5.97. The number of fused-ring (bicyclic) bond motifs is 1. The van der Waals surface area contributed by atoms with Gasteiger partial charge in [0, 0.05) is 16.9 Å². The van der Waals surface area contributed by atoms with Gasteiger partial charge < -0.3 is 4.90 Å². The number of carbonyl (C=O) groups is 1. The Balaban J connectivity index is 1.84. The minimum absolute atomic E-state index is 0.0841. The largest absolute Gasteiger partial charge is 0.303 e. The summed E-state index contributed by atoms with van der Waals surface area (Å²) in [4.78, 5) is 23.8. The third-order valence-electron chi connectivity index (χ3n) is 4.53. The van der Waals surface area contributed by atoms with Gasteiger partial charge in [-0.05, 0) is 42.1 Å². The van der Waals surface area contributed by atoms with E-state index in [1.54, 1.807) is 59.9 Å². The Morgan fingerprint density at radius 3 is 2.69 bits per heavy atom. The van der Waals surface area contributed by atoms with Gasteiger partial charge in [-0.15, -0.1) is 11.3 Å². The first kappa shape index (κ1) is 19.8. The van der Waals surface area contributed by atoms with Gasteiger partial charge in [-0.1, -0.05) is 41.4 Å². The molecule has 0 atom stereocenters. The highest BCUT2D eigenvalue weighted by Crippen LogP contribution is 2.31. The Morgan fingerprint density at radius 1 is 1.17 bits per heavy atom. The van der Waals surface area contributed by atoms with E-state index in [4.69, 9.17) is 23.2 Å². The molecule has 2 aromatic carbocycles. The smallest absolute Gasteiger partial charge is 0.270 e. The second-order valence-electron chi connectivity index (χ2n) is 6.37. The molecule has 0 saturated heterocycles. The third kappa shape index (κ3) is 3.83. The first-order chi connectivity index (χ1) is 14.0. The zero-order valence-electron chi connectivity index (χ0n) is 15.2. The number of halogens is 3. The van der Waals surface area contributed by atoms with E-state index in [0.717, 1.165) is 0 Å². The van der Waals surface area contributed by atoms with Gasteiger partial charge in [0.1, 0.15) is 15.8 Å². The molecule has 0 bridgehead atoms. The predicted octanol–water partition coefficient (Wildman–Crippen LogP) is 6.29. The number of hydrogen-bond acceptors (Lipinski definition) is 4. The molecule has 29 heavy (non-hydrogen) atoms. The van der Waals surface area contributed by atoms with E-state index in [1.807, 2.05) is 0 Å². The highest BCUT2D eigenvalue weighted by atomic mass is 35.5. The second-order valence-corrected chi connectivity index (χ2v) is 8.02. The SMILES string of the molecule is Cc1ncsc1C(=O)N(Cc1cnc(Cl)c2c(F)cccc12)c1cccc(Cl)c1. The Kier molecular flexibility index (Phi) is 5.50. The van der Waals surface area contributed by atoms with Crippen LogP contribution in [0.1, 0.15) is 20.9 Å². The van der Waals surface area contributed by atoms with Crippen LogP contribution < -0.4 is 4.90 Å². The number of aromatic nitrogens is 2. The monoisotopic (exact) mass is 445 g/mol. The molecular weight excluding hydrogens is 432 g/mol. The van der Waals surface area contributed by atoms with E-state index >= 15 is 0 Å². The summed E-state index contributed by atoms with van der Waals surface area (Å²) in [6.07, 6.45) is 1.56. The van der Waals surface area contributed by atoms with E-state index in [-0.39, 0.29) is 23.0 Å². The molecule has 8 heteroatoms. The average Bonchev–Trinajstić information content (AvgIpc) is 3.13. The number of aryl methyl sites for hydroxylation is 1. The summed E-state index contributed by atoms with van der Waals surface area (Å²) in [6.45, 7) is 1.95. The van der Waals surface area contributed by atoms with Crippen molar-refractivity contribution in [3.63, 3.8) is 0 Å². The van der Waals surface area contributed by atoms with Crippen molar-refractivity contribution in [3.8, 4) is 0 Å². The van der Waals surface area contributed by atoms with Crippen molar-refractivity contribution in [1.82, 2.24) is 9.97 Å². The van der Waals surface area contributed by atoms with Crippen molar-refractivity contribution in [2.24, 2.45) is 0 Å². The summed E-state index contributed by atoms with van der Waals surface area (Å²) in [5, 5.41) is 1.43. The molecule has 0 radical (unpaired) electrons. The Labute approximate surface area is 180 Å². The van der Waals surface area contributed by atoms with E-state index in [0.29, 0.717) is 32.2 Å². The second kappa shape index (κ2) is 8.06. The molecule has 4 rings (SSSR count). The van der Waals surface area contributed by atoms with Gasteiger partial charge in [-0.25, -0.2) is 14.4 Å². The maximum Gasteiger partial charge on any atom is 0.270 e. The van der Waals surface area contributed by atoms with Gasteiger partial charge in [0.05, 0.1) is 23.1 Å². The molecule has 0 aliphatic heterocycles. The average molecular weight is 446 g/mol. The predicted molar refractivity (Wildman–Crippen MR) is 116 cm³/mol. The maximum atomic E-state index is 14.3. The van der Waals surface area contributed by atoms with E-state index < -0.39 is 5.82 Å². The lowest BCUT2D eigenvalue weighted by atomic mass is 10.1. The molecule has 1 amide bonds. The van der Waals surface area contributed by atoms with Crippen molar-refractivity contribution >= 4 is 56.9 Å². The summed E-state index contributed by atoms with van der Waals surface area (Å²) in [7, 11) is 0. The van der Waals surface area contributed by atoms with Gasteiger partial charge in [0.15, 0.2) is 0 Å². The minimum Gasteiger partial charge on any atom is -0.303 e. The Morgan fingerprint density at radius 2 is 1.97 bits per heavy atom. The summed E-state index contributed by atoms with van der Waals surface area (Å²) >= 11 is 13.6. The summed E-state index contributed by atoms with van der Waals surface area (Å²) in [6, 6.07) is 11.7. The lowest BCUT2D eigenvalue weighted by molar-refractivity contribution is 0.0988. The van der Waals surface area contributed by atoms with Crippen LogP contribution in [0.5, 0.6) is 0 Å². The molecule has 0 saturated carbocycles. The van der Waals surface area contributed by atoms with Gasteiger partial charge in [0.2, 0.25) is 0 Å². The number of carbonyl (C=O) groups excluding carboxylic acids is 1. The van der Waals surface area contributed by atoms with Crippen LogP contribution in [0.25, 0.3) is 10.8 Å². The van der Waals surface area contributed by atoms with Crippen LogP contribution in [-0.2, 0) is 6.54 Å². The number of benzene rings is 2. The fourth-order valence-electron chi connectivity index (χ4n) is 3.12. The summed E-state index contributed by atoms with van der Waals surface area (Å²) in [5.74, 6) is -0.674. The Bertz CT molecular complexity index is 1220. The number of pyridine rings is 1. The highest BCUT2D eigenvalue weighted by molar-refractivity contribution is 7.12. The minimum atomic E-state index is -0.458. The highest BCUT2D eigenvalue weighted by Gasteiger charge is 2.23. The molecular formula is C21H14Cl2FN3OS. The molecule has 2 heterocycles. The molecule has 4 nitrogen and oxygen atoms in total. The number of hydrogen-bond donors (Lipinski definition) is 0. The molecule has 0 fully saturated rings. The zero-order chi connectivity index (χ0) is 20.5. The number of amides is 1. The van der Waals surface area contributed by atoms with Crippen molar-refractivity contribution in [1.29, 1.82) is 0 Å². The standard InChI is InChI=1S/C21H14Cl2FN3OS/c1-12-19(29-11-26-12)21(28)27(15-5-2-4-14(22)8-15)10-13-9-25-20(23)18-16(13)6-3-7-17(18)24/h2-9,11H,10H2,1H3. The van der Waals surface area contributed by atoms with Crippen molar-refractivity contribution < 1.29 is 9.18 Å². The maximum absolute atomic E-state index is 14.3. The molecule has 0 aliphatic carbocycles. The van der Waals surface area contributed by atoms with Crippen LogP contribution in [0.3, 0.4) is 0 Å². The number of thiazole rings is 1. The van der Waals surface area contributed by atoms with Gasteiger partial charge in [-0.3, -0.25) is 4.79 Å². The number of anilines is 1. The molecule has 0 aliphatic rings. The van der Waals surface area contributed by atoms with Crippen molar-refractivity contribution in [3.05, 3.63) is 86.3 Å². The van der Waals surface area contributed by atoms with Crippen LogP contribution in [0.15, 0.2) is 54.2 Å². The first-order valence-electron chi connectivity index (χ1n) is 8.65. The zero-order valence-corrected chi connectivity index (χ0v) is 17.5. The summed E-state index contributed by atoms with van der Waals surface area (Å²) in [5.41, 5.74) is 3.57. The summed E-state index contributed by atoms with van der Waals surface area (Å²) < 4.78 is 14.3. The molecule has 0 N–H and O–H groups in total. The van der Waals surface area contributed by atoms with Crippen LogP contribution in [0.2, 0.25) is 10.2 Å². The molecule has 0 unspecified atom stereocenters. The van der Waals surface area contributed by atoms with E-state index in [1.165, 1.54) is 17.4 Å². The van der Waals surface area contributed by atoms with Gasteiger partial charge >= 0.3 is 0 Å². The molecule has 146 valence electrons. The number of nitrogens with zero attached hydrogens (tertiary/aromatic N) is 3. The lowest BCUT2D eigenvalue weighted by Gasteiger charge is -2.23. The fourth-order valence-corrected chi connectivity index (χ4v) is 4.30. The van der Waals surface area contributed by atoms with Crippen LogP contribution in [-0.4, -0.2) is 15.9 Å². The first-order valence-corrected chi connectivity index (χ1v) is 10.3. The van der Waals surface area contributed by atoms with Gasteiger partial charge in [-0.2, -0.15) is 0 Å². The lowest BCUT2D eigenvalue weighted by Crippen LogP contribution is -2.30. The normalized spacial score (nSPS) is 11.0. The topological polar surface area (TPSA) is 46.1 Å². The van der Waals surface area contributed by atoms with E-state index in [9.17, 15) is 9.18 Å². The van der Waals surface area contributed by atoms with E-state index in [2.05, 4.69) is 9.97 Å². The van der Waals surface area contributed by atoms with Crippen LogP contribution in [0, 0.1) is 12.7 Å². The van der Waals surface area contributed by atoms with Crippen LogP contribution in [0.4, 0.5) is 10.1 Å². The number of rotatable bonds is 4. The quantitative estimate of drug-likeness (QED) is 0.346. The molecule has 0 spiro atoms. The van der Waals surface area contributed by atoms with Gasteiger partial charge in [0.25, 0.3) is 5.91 Å². The molecule has 2 aromatic heterocycles. The molecule has 4 aromatic rings.